The van der Waals surface area contributed by atoms with Gasteiger partial charge < -0.3 is 9.30 Å². The van der Waals surface area contributed by atoms with Crippen molar-refractivity contribution in [3.8, 4) is 5.88 Å². The maximum absolute atomic E-state index is 11.8. The van der Waals surface area contributed by atoms with Gasteiger partial charge in [0.05, 0.1) is 12.1 Å². The molecule has 1 aromatic heterocycles. The predicted octanol–water partition coefficient (Wildman–Crippen LogP) is 2.16. The first-order chi connectivity index (χ1) is 7.79. The van der Waals surface area contributed by atoms with Gasteiger partial charge in [-0.15, -0.1) is 0 Å². The summed E-state index contributed by atoms with van der Waals surface area (Å²) in [6.07, 6.45) is 0.116. The Morgan fingerprint density at radius 2 is 2.25 bits per heavy atom. The molecule has 0 radical (unpaired) electrons. The second-order valence-electron chi connectivity index (χ2n) is 3.87. The van der Waals surface area contributed by atoms with Crippen molar-refractivity contribution in [2.45, 2.75) is 12.6 Å². The molecule has 0 bridgehead atoms. The monoisotopic (exact) mass is 279 g/mol. The number of rotatable bonds is 1. The summed E-state index contributed by atoms with van der Waals surface area (Å²) in [5.41, 5.74) is 0.977. The fourth-order valence-corrected chi connectivity index (χ4v) is 2.42. The first kappa shape index (κ1) is 9.90. The molecular formula is C12H10BrNO2. The zero-order valence-corrected chi connectivity index (χ0v) is 10.1. The summed E-state index contributed by atoms with van der Waals surface area (Å²) in [5.74, 6) is 0.674. The van der Waals surface area contributed by atoms with E-state index in [0.29, 0.717) is 5.88 Å². The van der Waals surface area contributed by atoms with Gasteiger partial charge in [-0.1, -0.05) is 28.1 Å². The van der Waals surface area contributed by atoms with E-state index in [4.69, 9.17) is 4.74 Å². The minimum absolute atomic E-state index is 0.0251. The van der Waals surface area contributed by atoms with Crippen molar-refractivity contribution in [1.82, 2.24) is 4.57 Å². The SMILES string of the molecule is O=c1cc2n(c3ccccc13)CC(CBr)O2. The van der Waals surface area contributed by atoms with Gasteiger partial charge in [0.2, 0.25) is 0 Å². The molecule has 0 N–H and O–H groups in total. The number of ether oxygens (including phenoxy) is 1. The highest BCUT2D eigenvalue weighted by Crippen LogP contribution is 2.25. The number of pyridine rings is 1. The summed E-state index contributed by atoms with van der Waals surface area (Å²) in [5, 5.41) is 1.53. The van der Waals surface area contributed by atoms with E-state index in [9.17, 15) is 4.79 Å². The molecule has 16 heavy (non-hydrogen) atoms. The van der Waals surface area contributed by atoms with E-state index in [0.717, 1.165) is 22.8 Å². The van der Waals surface area contributed by atoms with Crippen molar-refractivity contribution in [3.63, 3.8) is 0 Å². The molecule has 1 atom stereocenters. The van der Waals surface area contributed by atoms with E-state index >= 15 is 0 Å². The molecule has 2 aromatic rings. The molecular weight excluding hydrogens is 270 g/mol. The van der Waals surface area contributed by atoms with Crippen LogP contribution < -0.4 is 10.2 Å². The van der Waals surface area contributed by atoms with Crippen LogP contribution in [-0.4, -0.2) is 16.0 Å². The molecule has 0 amide bonds. The molecule has 0 spiro atoms. The Morgan fingerprint density at radius 1 is 1.44 bits per heavy atom. The minimum atomic E-state index is 0.0251. The van der Waals surface area contributed by atoms with Crippen LogP contribution >= 0.6 is 15.9 Å². The first-order valence-electron chi connectivity index (χ1n) is 5.15. The number of para-hydroxylation sites is 1. The quantitative estimate of drug-likeness (QED) is 0.749. The summed E-state index contributed by atoms with van der Waals surface area (Å²) >= 11 is 3.40. The first-order valence-corrected chi connectivity index (χ1v) is 6.27. The zero-order valence-electron chi connectivity index (χ0n) is 8.52. The van der Waals surface area contributed by atoms with Gasteiger partial charge in [0.15, 0.2) is 11.3 Å². The number of alkyl halides is 1. The maximum atomic E-state index is 11.8. The lowest BCUT2D eigenvalue weighted by molar-refractivity contribution is 0.260. The minimum Gasteiger partial charge on any atom is -0.473 e. The average molecular weight is 280 g/mol. The molecule has 82 valence electrons. The molecule has 3 rings (SSSR count). The van der Waals surface area contributed by atoms with E-state index in [1.54, 1.807) is 6.07 Å². The van der Waals surface area contributed by atoms with Crippen LogP contribution in [0.2, 0.25) is 0 Å². The lowest BCUT2D eigenvalue weighted by atomic mass is 10.2. The van der Waals surface area contributed by atoms with E-state index in [1.807, 2.05) is 24.3 Å². The smallest absolute Gasteiger partial charge is 0.198 e. The molecule has 3 nitrogen and oxygen atoms in total. The molecule has 1 aliphatic rings. The fourth-order valence-electron chi connectivity index (χ4n) is 2.08. The molecule has 2 heterocycles. The maximum Gasteiger partial charge on any atom is 0.198 e. The lowest BCUT2D eigenvalue weighted by Gasteiger charge is -2.05. The second kappa shape index (κ2) is 3.63. The summed E-state index contributed by atoms with van der Waals surface area (Å²) in [6.45, 7) is 0.793. The van der Waals surface area contributed by atoms with Gasteiger partial charge in [-0.3, -0.25) is 4.79 Å². The van der Waals surface area contributed by atoms with Crippen LogP contribution in [0.5, 0.6) is 5.88 Å². The van der Waals surface area contributed by atoms with E-state index in [2.05, 4.69) is 20.5 Å². The third-order valence-corrected chi connectivity index (χ3v) is 3.55. The molecule has 1 aliphatic heterocycles. The van der Waals surface area contributed by atoms with Crippen molar-refractivity contribution in [2.24, 2.45) is 0 Å². The molecule has 1 unspecified atom stereocenters. The second-order valence-corrected chi connectivity index (χ2v) is 4.52. The largest absolute Gasteiger partial charge is 0.473 e. The Bertz CT molecular complexity index is 605. The van der Waals surface area contributed by atoms with Gasteiger partial charge in [0.1, 0.15) is 6.10 Å². The van der Waals surface area contributed by atoms with E-state index < -0.39 is 0 Å². The average Bonchev–Trinajstić information content (AvgIpc) is 2.72. The van der Waals surface area contributed by atoms with Gasteiger partial charge in [0.25, 0.3) is 0 Å². The summed E-state index contributed by atoms with van der Waals surface area (Å²) in [6, 6.07) is 9.21. The third-order valence-electron chi connectivity index (χ3n) is 2.83. The van der Waals surface area contributed by atoms with Crippen LogP contribution in [0.1, 0.15) is 0 Å². The Morgan fingerprint density at radius 3 is 3.06 bits per heavy atom. The van der Waals surface area contributed by atoms with Crippen molar-refractivity contribution in [1.29, 1.82) is 0 Å². The zero-order chi connectivity index (χ0) is 11.1. The number of hydrogen-bond acceptors (Lipinski definition) is 2. The summed E-state index contributed by atoms with van der Waals surface area (Å²) < 4.78 is 7.72. The van der Waals surface area contributed by atoms with Gasteiger partial charge in [0, 0.05) is 16.8 Å². The molecule has 0 fully saturated rings. The Balaban J connectivity index is 2.30. The van der Waals surface area contributed by atoms with Crippen LogP contribution in [0, 0.1) is 0 Å². The highest BCUT2D eigenvalue weighted by Gasteiger charge is 2.22. The highest BCUT2D eigenvalue weighted by atomic mass is 79.9. The van der Waals surface area contributed by atoms with Gasteiger partial charge in [-0.25, -0.2) is 0 Å². The van der Waals surface area contributed by atoms with Crippen LogP contribution in [0.3, 0.4) is 0 Å². The number of halogens is 1. The summed E-state index contributed by atoms with van der Waals surface area (Å²) in [4.78, 5) is 11.8. The van der Waals surface area contributed by atoms with Crippen molar-refractivity contribution >= 4 is 26.8 Å². The number of fused-ring (bicyclic) bond motifs is 3. The number of aromatic nitrogens is 1. The van der Waals surface area contributed by atoms with Crippen molar-refractivity contribution in [2.75, 3.05) is 5.33 Å². The molecule has 0 saturated carbocycles. The summed E-state index contributed by atoms with van der Waals surface area (Å²) in [7, 11) is 0. The number of hydrogen-bond donors (Lipinski definition) is 0. The molecule has 0 aliphatic carbocycles. The van der Waals surface area contributed by atoms with Gasteiger partial charge >= 0.3 is 0 Å². The van der Waals surface area contributed by atoms with E-state index in [-0.39, 0.29) is 11.5 Å². The van der Waals surface area contributed by atoms with Gasteiger partial charge in [-0.2, -0.15) is 0 Å². The fraction of sp³-hybridized carbons (Fsp3) is 0.250. The number of nitrogens with zero attached hydrogens (tertiary/aromatic N) is 1. The predicted molar refractivity (Wildman–Crippen MR) is 66.4 cm³/mol. The van der Waals surface area contributed by atoms with Crippen molar-refractivity contribution in [3.05, 3.63) is 40.6 Å². The number of benzene rings is 1. The van der Waals surface area contributed by atoms with Gasteiger partial charge in [-0.05, 0) is 12.1 Å². The van der Waals surface area contributed by atoms with Crippen LogP contribution in [-0.2, 0) is 6.54 Å². The molecule has 4 heteroatoms. The Hall–Kier alpha value is -1.29. The Labute approximate surface area is 101 Å². The third kappa shape index (κ3) is 1.37. The van der Waals surface area contributed by atoms with Crippen LogP contribution in [0.4, 0.5) is 0 Å². The van der Waals surface area contributed by atoms with E-state index in [1.165, 1.54) is 0 Å². The lowest BCUT2D eigenvalue weighted by Crippen LogP contribution is -2.15. The van der Waals surface area contributed by atoms with Crippen molar-refractivity contribution < 1.29 is 4.74 Å². The highest BCUT2D eigenvalue weighted by molar-refractivity contribution is 9.09. The Kier molecular flexibility index (Phi) is 2.24. The van der Waals surface area contributed by atoms with Crippen LogP contribution in [0.25, 0.3) is 10.9 Å². The molecule has 1 aromatic carbocycles. The topological polar surface area (TPSA) is 31.2 Å². The molecule has 0 saturated heterocycles. The normalized spacial score (nSPS) is 18.4. The van der Waals surface area contributed by atoms with Crippen LogP contribution in [0.15, 0.2) is 35.1 Å². The standard InChI is InChI=1S/C12H10BrNO2/c13-6-8-7-14-10-4-2-1-3-9(10)11(15)5-12(14)16-8/h1-5,8H,6-7H2.